The second kappa shape index (κ2) is 4.85. The molecule has 0 aliphatic heterocycles. The molecule has 1 nitrogen and oxygen atoms in total. The zero-order valence-corrected chi connectivity index (χ0v) is 13.1. The molecule has 1 heterocycles. The summed E-state index contributed by atoms with van der Waals surface area (Å²) in [6.45, 7) is 6.55. The van der Waals surface area contributed by atoms with E-state index in [2.05, 4.69) is 39.0 Å². The minimum absolute atomic E-state index is 0.112. The number of rotatable bonds is 2. The maximum Gasteiger partial charge on any atom is 0.202 e. The Balaban J connectivity index is 1.91. The van der Waals surface area contributed by atoms with Crippen molar-refractivity contribution in [2.75, 3.05) is 0 Å². The maximum absolute atomic E-state index is 12.6. The van der Waals surface area contributed by atoms with Crippen LogP contribution in [0.15, 0.2) is 30.3 Å². The van der Waals surface area contributed by atoms with Crippen molar-refractivity contribution in [1.29, 1.82) is 0 Å². The van der Waals surface area contributed by atoms with Gasteiger partial charge >= 0.3 is 0 Å². The summed E-state index contributed by atoms with van der Waals surface area (Å²) >= 11 is 1.63. The van der Waals surface area contributed by atoms with Crippen molar-refractivity contribution in [3.8, 4) is 0 Å². The van der Waals surface area contributed by atoms with Gasteiger partial charge in [-0.2, -0.15) is 0 Å². The van der Waals surface area contributed by atoms with Crippen LogP contribution in [0.4, 0.5) is 0 Å². The minimum Gasteiger partial charge on any atom is -0.288 e. The highest BCUT2D eigenvalue weighted by Crippen LogP contribution is 2.31. The number of hydrogen-bond acceptors (Lipinski definition) is 2. The average Bonchev–Trinajstić information content (AvgIpc) is 3.05. The fourth-order valence-corrected chi connectivity index (χ4v) is 3.74. The lowest BCUT2D eigenvalue weighted by molar-refractivity contribution is 0.104. The molecule has 2 aromatic rings. The predicted octanol–water partition coefficient (Wildman–Crippen LogP) is 4.77. The smallest absolute Gasteiger partial charge is 0.202 e. The highest BCUT2D eigenvalue weighted by molar-refractivity contribution is 7.14. The molecular weight excluding hydrogens is 264 g/mol. The Hall–Kier alpha value is -1.41. The molecule has 0 fully saturated rings. The third-order valence-corrected chi connectivity index (χ3v) is 5.44. The van der Waals surface area contributed by atoms with Gasteiger partial charge in [-0.15, -0.1) is 11.3 Å². The summed E-state index contributed by atoms with van der Waals surface area (Å²) in [7, 11) is 0. The van der Waals surface area contributed by atoms with Gasteiger partial charge in [-0.25, -0.2) is 0 Å². The molecule has 0 saturated heterocycles. The van der Waals surface area contributed by atoms with Crippen LogP contribution in [-0.4, -0.2) is 5.78 Å². The maximum atomic E-state index is 12.6. The molecule has 1 aromatic carbocycles. The number of hydrogen-bond donors (Lipinski definition) is 0. The van der Waals surface area contributed by atoms with E-state index in [1.807, 2.05) is 12.1 Å². The van der Waals surface area contributed by atoms with Gasteiger partial charge in [0.15, 0.2) is 0 Å². The quantitative estimate of drug-likeness (QED) is 0.726. The second-order valence-electron chi connectivity index (χ2n) is 6.58. The number of carbonyl (C=O) groups excluding carboxylic acids is 1. The minimum atomic E-state index is 0.112. The van der Waals surface area contributed by atoms with E-state index in [-0.39, 0.29) is 11.2 Å². The van der Waals surface area contributed by atoms with Gasteiger partial charge < -0.3 is 0 Å². The summed E-state index contributed by atoms with van der Waals surface area (Å²) in [6.07, 6.45) is 3.51. The molecule has 0 saturated carbocycles. The van der Waals surface area contributed by atoms with Crippen LogP contribution in [0.25, 0.3) is 0 Å². The number of fused-ring (bicyclic) bond motifs is 1. The van der Waals surface area contributed by atoms with Gasteiger partial charge in [0.1, 0.15) is 0 Å². The van der Waals surface area contributed by atoms with Crippen molar-refractivity contribution in [2.24, 2.45) is 0 Å². The van der Waals surface area contributed by atoms with Gasteiger partial charge in [0.25, 0.3) is 0 Å². The molecule has 0 atom stereocenters. The van der Waals surface area contributed by atoms with Crippen molar-refractivity contribution >= 4 is 17.1 Å². The number of benzene rings is 1. The highest BCUT2D eigenvalue weighted by Gasteiger charge is 2.20. The number of carbonyl (C=O) groups is 1. The molecule has 2 heteroatoms. The standard InChI is InChI=1S/C18H20OS/c1-18(2,3)16-10-9-15(20-16)17(19)14-8-7-12-5-4-6-13(12)11-14/h7-11H,4-6H2,1-3H3. The predicted molar refractivity (Wildman–Crippen MR) is 84.9 cm³/mol. The van der Waals surface area contributed by atoms with E-state index < -0.39 is 0 Å². The van der Waals surface area contributed by atoms with Gasteiger partial charge in [-0.3, -0.25) is 4.79 Å². The first kappa shape index (κ1) is 13.6. The summed E-state index contributed by atoms with van der Waals surface area (Å²) in [4.78, 5) is 14.7. The lowest BCUT2D eigenvalue weighted by Crippen LogP contribution is -2.08. The van der Waals surface area contributed by atoms with Crippen molar-refractivity contribution in [3.05, 3.63) is 56.8 Å². The van der Waals surface area contributed by atoms with Crippen molar-refractivity contribution < 1.29 is 4.79 Å². The summed E-state index contributed by atoms with van der Waals surface area (Å²) < 4.78 is 0. The van der Waals surface area contributed by atoms with Crippen LogP contribution in [-0.2, 0) is 18.3 Å². The summed E-state index contributed by atoms with van der Waals surface area (Å²) in [5.41, 5.74) is 3.74. The molecule has 0 spiro atoms. The zero-order chi connectivity index (χ0) is 14.3. The van der Waals surface area contributed by atoms with Crippen LogP contribution >= 0.6 is 11.3 Å². The van der Waals surface area contributed by atoms with Crippen molar-refractivity contribution in [2.45, 2.75) is 45.4 Å². The molecule has 0 bridgehead atoms. The first-order valence-electron chi connectivity index (χ1n) is 7.22. The van der Waals surface area contributed by atoms with Crippen molar-refractivity contribution in [3.63, 3.8) is 0 Å². The topological polar surface area (TPSA) is 17.1 Å². The molecule has 0 radical (unpaired) electrons. The number of ketones is 1. The van der Waals surface area contributed by atoms with Crippen LogP contribution in [0, 0.1) is 0 Å². The van der Waals surface area contributed by atoms with E-state index in [1.165, 1.54) is 22.4 Å². The fourth-order valence-electron chi connectivity index (χ4n) is 2.72. The van der Waals surface area contributed by atoms with E-state index in [1.54, 1.807) is 11.3 Å². The summed E-state index contributed by atoms with van der Waals surface area (Å²) in [5.74, 6) is 0.167. The largest absolute Gasteiger partial charge is 0.288 e. The Morgan fingerprint density at radius 2 is 1.80 bits per heavy atom. The van der Waals surface area contributed by atoms with Crippen LogP contribution in [0.5, 0.6) is 0 Å². The zero-order valence-electron chi connectivity index (χ0n) is 12.3. The lowest BCUT2D eigenvalue weighted by atomic mass is 9.95. The molecule has 1 aromatic heterocycles. The first-order valence-corrected chi connectivity index (χ1v) is 8.03. The van der Waals surface area contributed by atoms with Gasteiger partial charge in [-0.1, -0.05) is 32.9 Å². The van der Waals surface area contributed by atoms with Crippen molar-refractivity contribution in [1.82, 2.24) is 0 Å². The molecule has 0 N–H and O–H groups in total. The van der Waals surface area contributed by atoms with Crippen LogP contribution < -0.4 is 0 Å². The molecule has 1 aliphatic rings. The normalized spacial score (nSPS) is 14.3. The van der Waals surface area contributed by atoms with Crippen LogP contribution in [0.3, 0.4) is 0 Å². The molecule has 1 aliphatic carbocycles. The van der Waals surface area contributed by atoms with Gasteiger partial charge in [0.2, 0.25) is 5.78 Å². The Morgan fingerprint density at radius 1 is 1.05 bits per heavy atom. The molecule has 3 rings (SSSR count). The number of thiophene rings is 1. The van der Waals surface area contributed by atoms with E-state index in [4.69, 9.17) is 0 Å². The summed E-state index contributed by atoms with van der Waals surface area (Å²) in [5, 5.41) is 0. The first-order chi connectivity index (χ1) is 9.45. The SMILES string of the molecule is CC(C)(C)c1ccc(C(=O)c2ccc3c(c2)CCC3)s1. The van der Waals surface area contributed by atoms with E-state index in [9.17, 15) is 4.79 Å². The Labute approximate surface area is 124 Å². The molecule has 104 valence electrons. The molecule has 0 amide bonds. The number of aryl methyl sites for hydroxylation is 2. The van der Waals surface area contributed by atoms with E-state index >= 15 is 0 Å². The molecule has 0 unspecified atom stereocenters. The molecule has 20 heavy (non-hydrogen) atoms. The van der Waals surface area contributed by atoms with Gasteiger partial charge in [0, 0.05) is 10.4 Å². The Morgan fingerprint density at radius 3 is 2.50 bits per heavy atom. The molecular formula is C18H20OS. The Kier molecular flexibility index (Phi) is 3.29. The lowest BCUT2D eigenvalue weighted by Gasteiger charge is -2.15. The summed E-state index contributed by atoms with van der Waals surface area (Å²) in [6, 6.07) is 10.3. The third-order valence-electron chi connectivity index (χ3n) is 3.93. The third kappa shape index (κ3) is 2.45. The fraction of sp³-hybridized carbons (Fsp3) is 0.389. The monoisotopic (exact) mass is 284 g/mol. The van der Waals surface area contributed by atoms with E-state index in [0.717, 1.165) is 23.3 Å². The Bertz CT molecular complexity index is 658. The van der Waals surface area contributed by atoms with Gasteiger partial charge in [-0.05, 0) is 54.0 Å². The second-order valence-corrected chi connectivity index (χ2v) is 7.66. The van der Waals surface area contributed by atoms with E-state index in [0.29, 0.717) is 0 Å². The highest BCUT2D eigenvalue weighted by atomic mass is 32.1. The average molecular weight is 284 g/mol. The van der Waals surface area contributed by atoms with Crippen LogP contribution in [0.2, 0.25) is 0 Å². The van der Waals surface area contributed by atoms with Gasteiger partial charge in [0.05, 0.1) is 4.88 Å². The van der Waals surface area contributed by atoms with Crippen LogP contribution in [0.1, 0.15) is 58.4 Å².